The Morgan fingerprint density at radius 2 is 1.93 bits per heavy atom. The van der Waals surface area contributed by atoms with Gasteiger partial charge < -0.3 is 9.88 Å². The minimum absolute atomic E-state index is 0.0350. The lowest BCUT2D eigenvalue weighted by molar-refractivity contribution is 0.556. The molecule has 0 spiro atoms. The van der Waals surface area contributed by atoms with Crippen LogP contribution in [0.3, 0.4) is 0 Å². The predicted molar refractivity (Wildman–Crippen MR) is 116 cm³/mol. The first-order valence-corrected chi connectivity index (χ1v) is 10.3. The maximum Gasteiger partial charge on any atom is 0.130 e. The molecule has 29 heavy (non-hydrogen) atoms. The summed E-state index contributed by atoms with van der Waals surface area (Å²) < 4.78 is 2.33. The Kier molecular flexibility index (Phi) is 4.96. The molecule has 0 aliphatic carbocycles. The van der Waals surface area contributed by atoms with Crippen molar-refractivity contribution in [3.05, 3.63) is 65.4 Å². The van der Waals surface area contributed by atoms with Gasteiger partial charge in [0, 0.05) is 35.2 Å². The number of aryl methyl sites for hydroxylation is 1. The molecule has 0 radical (unpaired) electrons. The lowest BCUT2D eigenvalue weighted by atomic mass is 10.2. The average Bonchev–Trinajstić information content (AvgIpc) is 3.48. The Bertz CT molecular complexity index is 1130. The standard InChI is InChI=1S/C20H22N8S/c1-13-10-14-4-2-3-5-16(14)28(13)9-8-21-19-11-15(22-12-23-19)17-6-7-18(29-17)20-24-26-27-25-20/h2-7,10-12,20,24-27H,8-9H2,1H3,(H,21,22,23). The van der Waals surface area contributed by atoms with E-state index in [1.807, 2.05) is 6.07 Å². The topological polar surface area (TPSA) is 90.9 Å². The number of nitrogens with zero attached hydrogens (tertiary/aromatic N) is 3. The Morgan fingerprint density at radius 3 is 2.83 bits per heavy atom. The number of aromatic nitrogens is 3. The highest BCUT2D eigenvalue weighted by atomic mass is 32.1. The minimum atomic E-state index is 0.0350. The van der Waals surface area contributed by atoms with E-state index in [4.69, 9.17) is 0 Å². The molecule has 1 fully saturated rings. The summed E-state index contributed by atoms with van der Waals surface area (Å²) in [7, 11) is 0. The van der Waals surface area contributed by atoms with E-state index in [0.717, 1.165) is 29.5 Å². The molecule has 8 nitrogen and oxygen atoms in total. The maximum absolute atomic E-state index is 4.44. The number of benzene rings is 1. The summed E-state index contributed by atoms with van der Waals surface area (Å²) in [5.74, 6) is 0.833. The molecule has 0 atom stereocenters. The highest BCUT2D eigenvalue weighted by Gasteiger charge is 2.17. The predicted octanol–water partition coefficient (Wildman–Crippen LogP) is 2.70. The van der Waals surface area contributed by atoms with Crippen LogP contribution >= 0.6 is 11.3 Å². The molecular formula is C20H22N8S. The summed E-state index contributed by atoms with van der Waals surface area (Å²) in [6.45, 7) is 3.82. The molecule has 0 bridgehead atoms. The Morgan fingerprint density at radius 1 is 1.07 bits per heavy atom. The SMILES string of the molecule is Cc1cc2ccccc2n1CCNc1cc(-c2ccc(C3NNNN3)s2)ncn1. The van der Waals surface area contributed by atoms with E-state index >= 15 is 0 Å². The summed E-state index contributed by atoms with van der Waals surface area (Å²) in [6, 6.07) is 16.9. The van der Waals surface area contributed by atoms with E-state index in [-0.39, 0.29) is 6.17 Å². The van der Waals surface area contributed by atoms with Crippen molar-refractivity contribution in [2.24, 2.45) is 0 Å². The van der Waals surface area contributed by atoms with Crippen LogP contribution in [-0.4, -0.2) is 21.1 Å². The quantitative estimate of drug-likeness (QED) is 0.336. The fourth-order valence-corrected chi connectivity index (χ4v) is 4.55. The van der Waals surface area contributed by atoms with Crippen LogP contribution in [-0.2, 0) is 6.54 Å². The summed E-state index contributed by atoms with van der Waals surface area (Å²) in [6.07, 6.45) is 1.65. The number of rotatable bonds is 6. The number of fused-ring (bicyclic) bond motifs is 1. The van der Waals surface area contributed by atoms with Gasteiger partial charge in [-0.1, -0.05) is 18.2 Å². The number of nitrogens with one attached hydrogen (secondary N) is 5. The zero-order chi connectivity index (χ0) is 19.6. The van der Waals surface area contributed by atoms with Gasteiger partial charge in [0.2, 0.25) is 0 Å². The van der Waals surface area contributed by atoms with Crippen molar-refractivity contribution in [1.29, 1.82) is 0 Å². The van der Waals surface area contributed by atoms with Crippen LogP contribution in [0.25, 0.3) is 21.5 Å². The van der Waals surface area contributed by atoms with Gasteiger partial charge in [0.15, 0.2) is 0 Å². The van der Waals surface area contributed by atoms with Crippen molar-refractivity contribution in [3.8, 4) is 10.6 Å². The van der Waals surface area contributed by atoms with Gasteiger partial charge in [-0.3, -0.25) is 0 Å². The fourth-order valence-electron chi connectivity index (χ4n) is 3.57. The van der Waals surface area contributed by atoms with E-state index in [0.29, 0.717) is 0 Å². The van der Waals surface area contributed by atoms with E-state index in [9.17, 15) is 0 Å². The smallest absolute Gasteiger partial charge is 0.130 e. The van der Waals surface area contributed by atoms with Crippen molar-refractivity contribution in [1.82, 2.24) is 36.5 Å². The first kappa shape index (κ1) is 18.2. The summed E-state index contributed by atoms with van der Waals surface area (Å²) in [4.78, 5) is 11.1. The molecule has 0 amide bonds. The van der Waals surface area contributed by atoms with Crippen molar-refractivity contribution in [2.75, 3.05) is 11.9 Å². The van der Waals surface area contributed by atoms with Crippen LogP contribution < -0.4 is 27.2 Å². The number of hydrogen-bond donors (Lipinski definition) is 5. The van der Waals surface area contributed by atoms with E-state index in [1.54, 1.807) is 17.7 Å². The van der Waals surface area contributed by atoms with Crippen molar-refractivity contribution < 1.29 is 0 Å². The van der Waals surface area contributed by atoms with E-state index in [1.165, 1.54) is 21.5 Å². The largest absolute Gasteiger partial charge is 0.368 e. The lowest BCUT2D eigenvalue weighted by Crippen LogP contribution is -2.33. The molecular weight excluding hydrogens is 384 g/mol. The minimum Gasteiger partial charge on any atom is -0.368 e. The summed E-state index contributed by atoms with van der Waals surface area (Å²) in [5, 5.41) is 4.71. The molecule has 3 aromatic heterocycles. The van der Waals surface area contributed by atoms with Gasteiger partial charge in [0.25, 0.3) is 0 Å². The zero-order valence-electron chi connectivity index (χ0n) is 15.9. The molecule has 0 unspecified atom stereocenters. The molecule has 4 aromatic rings. The van der Waals surface area contributed by atoms with Gasteiger partial charge >= 0.3 is 0 Å². The van der Waals surface area contributed by atoms with E-state index in [2.05, 4.69) is 91.2 Å². The molecule has 4 heterocycles. The third kappa shape index (κ3) is 3.74. The van der Waals surface area contributed by atoms with Crippen LogP contribution in [0.2, 0.25) is 0 Å². The first-order valence-electron chi connectivity index (χ1n) is 9.50. The van der Waals surface area contributed by atoms with Crippen molar-refractivity contribution >= 4 is 28.1 Å². The third-order valence-electron chi connectivity index (χ3n) is 4.99. The second-order valence-corrected chi connectivity index (χ2v) is 8.00. The zero-order valence-corrected chi connectivity index (χ0v) is 16.8. The lowest BCUT2D eigenvalue weighted by Gasteiger charge is -2.10. The molecule has 5 rings (SSSR count). The molecule has 1 aliphatic rings. The Hall–Kier alpha value is -2.82. The average molecular weight is 407 g/mol. The molecule has 1 saturated heterocycles. The highest BCUT2D eigenvalue weighted by molar-refractivity contribution is 7.15. The van der Waals surface area contributed by atoms with Gasteiger partial charge in [-0.15, -0.1) is 11.3 Å². The van der Waals surface area contributed by atoms with Crippen LogP contribution in [0.1, 0.15) is 16.7 Å². The molecule has 5 N–H and O–H groups in total. The number of para-hydroxylation sites is 1. The Balaban J connectivity index is 1.27. The normalized spacial score (nSPS) is 14.7. The van der Waals surface area contributed by atoms with Crippen molar-refractivity contribution in [2.45, 2.75) is 19.6 Å². The molecule has 0 saturated carbocycles. The second-order valence-electron chi connectivity index (χ2n) is 6.89. The monoisotopic (exact) mass is 406 g/mol. The Labute approximate surface area is 172 Å². The molecule has 1 aliphatic heterocycles. The summed E-state index contributed by atoms with van der Waals surface area (Å²) in [5.41, 5.74) is 15.3. The highest BCUT2D eigenvalue weighted by Crippen LogP contribution is 2.30. The van der Waals surface area contributed by atoms with Gasteiger partial charge in [-0.2, -0.15) is 11.1 Å². The van der Waals surface area contributed by atoms with Crippen LogP contribution in [0.5, 0.6) is 0 Å². The van der Waals surface area contributed by atoms with Gasteiger partial charge in [-0.25, -0.2) is 20.8 Å². The number of hydrogen-bond acceptors (Lipinski definition) is 8. The van der Waals surface area contributed by atoms with Crippen LogP contribution in [0, 0.1) is 6.92 Å². The van der Waals surface area contributed by atoms with Gasteiger partial charge in [0.05, 0.1) is 10.6 Å². The second kappa shape index (κ2) is 7.90. The number of hydrazine groups is 3. The van der Waals surface area contributed by atoms with Crippen molar-refractivity contribution in [3.63, 3.8) is 0 Å². The van der Waals surface area contributed by atoms with E-state index < -0.39 is 0 Å². The van der Waals surface area contributed by atoms with Gasteiger partial charge in [0.1, 0.15) is 18.3 Å². The molecule has 1 aromatic carbocycles. The first-order chi connectivity index (χ1) is 14.3. The molecule has 148 valence electrons. The third-order valence-corrected chi connectivity index (χ3v) is 6.16. The molecule has 9 heteroatoms. The maximum atomic E-state index is 4.44. The fraction of sp³-hybridized carbons (Fsp3) is 0.200. The van der Waals surface area contributed by atoms with Crippen LogP contribution in [0.4, 0.5) is 5.82 Å². The summed E-state index contributed by atoms with van der Waals surface area (Å²) >= 11 is 1.69. The number of thiophene rings is 1. The number of anilines is 1. The van der Waals surface area contributed by atoms with Crippen LogP contribution in [0.15, 0.2) is 54.9 Å². The van der Waals surface area contributed by atoms with Gasteiger partial charge in [-0.05, 0) is 36.6 Å².